The van der Waals surface area contributed by atoms with Gasteiger partial charge in [-0.15, -0.1) is 0 Å². The molecule has 2 rings (SSSR count). The Bertz CT molecular complexity index is 428. The molecule has 0 bridgehead atoms. The Kier molecular flexibility index (Phi) is 2.84. The van der Waals surface area contributed by atoms with Gasteiger partial charge in [-0.3, -0.25) is 0 Å². The molecule has 0 spiro atoms. The lowest BCUT2D eigenvalue weighted by Gasteiger charge is -2.04. The summed E-state index contributed by atoms with van der Waals surface area (Å²) in [5.41, 5.74) is 1.20. The smallest absolute Gasteiger partial charge is 0.278 e. The van der Waals surface area contributed by atoms with Crippen LogP contribution in [0.15, 0.2) is 34.2 Å². The maximum atomic E-state index is 5.56. The summed E-state index contributed by atoms with van der Waals surface area (Å²) in [5.74, 6) is 0.797. The first-order valence-electron chi connectivity index (χ1n) is 4.09. The third-order valence-electron chi connectivity index (χ3n) is 1.69. The largest absolute Gasteiger partial charge is 0.430 e. The zero-order chi connectivity index (χ0) is 9.97. The average Bonchev–Trinajstić information content (AvgIpc) is 2.62. The van der Waals surface area contributed by atoms with E-state index in [1.54, 1.807) is 6.20 Å². The van der Waals surface area contributed by atoms with Crippen LogP contribution in [-0.4, -0.2) is 4.98 Å². The third-order valence-corrected chi connectivity index (χ3v) is 2.96. The van der Waals surface area contributed by atoms with E-state index >= 15 is 0 Å². The van der Waals surface area contributed by atoms with Gasteiger partial charge in [0, 0.05) is 11.6 Å². The van der Waals surface area contributed by atoms with E-state index in [-0.39, 0.29) is 0 Å². The van der Waals surface area contributed by atoms with Crippen molar-refractivity contribution in [1.82, 2.24) is 4.98 Å². The maximum absolute atomic E-state index is 5.56. The molecule has 0 saturated heterocycles. The number of hydrogen-bond acceptors (Lipinski definition) is 3. The van der Waals surface area contributed by atoms with E-state index in [1.165, 1.54) is 16.9 Å². The van der Waals surface area contributed by atoms with Crippen molar-refractivity contribution in [1.29, 1.82) is 0 Å². The minimum absolute atomic E-state index is 0.662. The monoisotopic (exact) mass is 269 g/mol. The fourth-order valence-electron chi connectivity index (χ4n) is 1.04. The third kappa shape index (κ3) is 2.13. The van der Waals surface area contributed by atoms with Crippen LogP contribution in [0.1, 0.15) is 5.56 Å². The molecule has 2 nitrogen and oxygen atoms in total. The van der Waals surface area contributed by atoms with Crippen LogP contribution in [0.5, 0.6) is 10.9 Å². The van der Waals surface area contributed by atoms with E-state index in [0.29, 0.717) is 5.19 Å². The highest BCUT2D eigenvalue weighted by Crippen LogP contribution is 2.30. The first-order chi connectivity index (χ1) is 6.75. The number of aromatic nitrogens is 1. The van der Waals surface area contributed by atoms with Crippen LogP contribution in [0, 0.1) is 6.92 Å². The topological polar surface area (TPSA) is 22.1 Å². The van der Waals surface area contributed by atoms with Crippen LogP contribution in [0.25, 0.3) is 0 Å². The zero-order valence-corrected chi connectivity index (χ0v) is 9.93. The Morgan fingerprint density at radius 2 is 2.29 bits per heavy atom. The van der Waals surface area contributed by atoms with E-state index in [1.807, 2.05) is 30.5 Å². The molecule has 0 aliphatic heterocycles. The van der Waals surface area contributed by atoms with E-state index in [4.69, 9.17) is 4.74 Å². The Hall–Kier alpha value is -0.870. The number of hydrogen-bond donors (Lipinski definition) is 0. The molecule has 2 aromatic rings. The molecule has 0 fully saturated rings. The van der Waals surface area contributed by atoms with Crippen LogP contribution in [0.2, 0.25) is 0 Å². The lowest BCUT2D eigenvalue weighted by atomic mass is 10.2. The number of halogens is 1. The minimum atomic E-state index is 0.662. The van der Waals surface area contributed by atoms with Crippen molar-refractivity contribution in [3.63, 3.8) is 0 Å². The van der Waals surface area contributed by atoms with Crippen LogP contribution >= 0.6 is 27.3 Å². The highest BCUT2D eigenvalue weighted by Gasteiger charge is 2.03. The molecule has 0 aliphatic rings. The predicted molar refractivity (Wildman–Crippen MR) is 61.1 cm³/mol. The predicted octanol–water partition coefficient (Wildman–Crippen LogP) is 4.01. The quantitative estimate of drug-likeness (QED) is 0.822. The van der Waals surface area contributed by atoms with Gasteiger partial charge in [-0.25, -0.2) is 4.98 Å². The number of nitrogens with zero attached hydrogens (tertiary/aromatic N) is 1. The van der Waals surface area contributed by atoms with Gasteiger partial charge >= 0.3 is 0 Å². The lowest BCUT2D eigenvalue weighted by molar-refractivity contribution is 0.475. The number of rotatable bonds is 2. The van der Waals surface area contributed by atoms with Crippen LogP contribution in [0.3, 0.4) is 0 Å². The summed E-state index contributed by atoms with van der Waals surface area (Å²) in [6.07, 6.45) is 1.72. The molecule has 72 valence electrons. The average molecular weight is 270 g/mol. The second-order valence-electron chi connectivity index (χ2n) is 2.83. The van der Waals surface area contributed by atoms with E-state index < -0.39 is 0 Å². The van der Waals surface area contributed by atoms with Gasteiger partial charge in [0.05, 0.1) is 4.47 Å². The van der Waals surface area contributed by atoms with Gasteiger partial charge in [0.25, 0.3) is 5.19 Å². The van der Waals surface area contributed by atoms with Crippen LogP contribution < -0.4 is 4.74 Å². The fraction of sp³-hybridized carbons (Fsp3) is 0.100. The fourth-order valence-corrected chi connectivity index (χ4v) is 2.12. The Morgan fingerprint density at radius 1 is 1.43 bits per heavy atom. The number of thiazole rings is 1. The maximum Gasteiger partial charge on any atom is 0.278 e. The molecule has 0 radical (unpaired) electrons. The van der Waals surface area contributed by atoms with Crippen molar-refractivity contribution in [2.75, 3.05) is 0 Å². The van der Waals surface area contributed by atoms with Crippen LogP contribution in [0.4, 0.5) is 0 Å². The van der Waals surface area contributed by atoms with Crippen molar-refractivity contribution in [2.45, 2.75) is 6.92 Å². The zero-order valence-electron chi connectivity index (χ0n) is 7.53. The molecule has 0 atom stereocenters. The Morgan fingerprint density at radius 3 is 2.93 bits per heavy atom. The number of aryl methyl sites for hydroxylation is 1. The van der Waals surface area contributed by atoms with Gasteiger partial charge in [-0.2, -0.15) is 0 Å². The summed E-state index contributed by atoms with van der Waals surface area (Å²) in [4.78, 5) is 4.05. The van der Waals surface area contributed by atoms with E-state index in [9.17, 15) is 0 Å². The number of benzene rings is 1. The standard InChI is InChI=1S/C10H8BrNOS/c1-7-2-3-9(8(11)6-7)13-10-12-4-5-14-10/h2-6H,1H3. The molecule has 1 aromatic carbocycles. The summed E-state index contributed by atoms with van der Waals surface area (Å²) < 4.78 is 6.52. The van der Waals surface area contributed by atoms with Crippen LogP contribution in [-0.2, 0) is 0 Å². The Balaban J connectivity index is 2.25. The Labute approximate surface area is 94.7 Å². The summed E-state index contributed by atoms with van der Waals surface area (Å²) >= 11 is 4.92. The van der Waals surface area contributed by atoms with Crippen molar-refractivity contribution < 1.29 is 4.74 Å². The molecular weight excluding hydrogens is 262 g/mol. The van der Waals surface area contributed by atoms with Crippen molar-refractivity contribution in [3.8, 4) is 10.9 Å². The van der Waals surface area contributed by atoms with Gasteiger partial charge in [0.1, 0.15) is 5.75 Å². The summed E-state index contributed by atoms with van der Waals surface area (Å²) in [6, 6.07) is 5.96. The van der Waals surface area contributed by atoms with Gasteiger partial charge in [-0.1, -0.05) is 17.4 Å². The van der Waals surface area contributed by atoms with Gasteiger partial charge in [0.2, 0.25) is 0 Å². The summed E-state index contributed by atoms with van der Waals surface area (Å²) in [5, 5.41) is 2.55. The molecule has 14 heavy (non-hydrogen) atoms. The second kappa shape index (κ2) is 4.11. The molecule has 0 N–H and O–H groups in total. The molecule has 1 heterocycles. The second-order valence-corrected chi connectivity index (χ2v) is 4.55. The molecule has 0 saturated carbocycles. The van der Waals surface area contributed by atoms with Gasteiger partial charge < -0.3 is 4.74 Å². The summed E-state index contributed by atoms with van der Waals surface area (Å²) in [7, 11) is 0. The number of ether oxygens (including phenoxy) is 1. The lowest BCUT2D eigenvalue weighted by Crippen LogP contribution is -1.84. The SMILES string of the molecule is Cc1ccc(Oc2nccs2)c(Br)c1. The molecule has 0 amide bonds. The van der Waals surface area contributed by atoms with Crippen molar-refractivity contribution >= 4 is 27.3 Å². The molecule has 1 aromatic heterocycles. The van der Waals surface area contributed by atoms with Crippen molar-refractivity contribution in [2.24, 2.45) is 0 Å². The van der Waals surface area contributed by atoms with E-state index in [0.717, 1.165) is 10.2 Å². The minimum Gasteiger partial charge on any atom is -0.430 e. The highest BCUT2D eigenvalue weighted by atomic mass is 79.9. The first kappa shape index (κ1) is 9.68. The van der Waals surface area contributed by atoms with Crippen molar-refractivity contribution in [3.05, 3.63) is 39.8 Å². The van der Waals surface area contributed by atoms with Gasteiger partial charge in [0.15, 0.2) is 0 Å². The van der Waals surface area contributed by atoms with E-state index in [2.05, 4.69) is 20.9 Å². The molecular formula is C10H8BrNOS. The molecule has 0 aliphatic carbocycles. The highest BCUT2D eigenvalue weighted by molar-refractivity contribution is 9.10. The first-order valence-corrected chi connectivity index (χ1v) is 5.76. The molecule has 0 unspecified atom stereocenters. The molecule has 4 heteroatoms. The van der Waals surface area contributed by atoms with Gasteiger partial charge in [-0.05, 0) is 40.5 Å². The summed E-state index contributed by atoms with van der Waals surface area (Å²) in [6.45, 7) is 2.04. The normalized spacial score (nSPS) is 10.1.